The number of hydrogen-bond acceptors (Lipinski definition) is 7. The molecule has 0 amide bonds. The number of hydrogen-bond donors (Lipinski definition) is 2. The Hall–Kier alpha value is -3.13. The van der Waals surface area contributed by atoms with E-state index in [1.807, 2.05) is 6.07 Å². The molecule has 0 bridgehead atoms. The number of hydrazone groups is 1. The number of anilines is 1. The molecule has 3 N–H and O–H groups in total. The zero-order valence-corrected chi connectivity index (χ0v) is 15.3. The predicted octanol–water partition coefficient (Wildman–Crippen LogP) is 2.94. The van der Waals surface area contributed by atoms with Gasteiger partial charge in [-0.1, -0.05) is 0 Å². The molecule has 27 heavy (non-hydrogen) atoms. The minimum atomic E-state index is -3.77. The topological polar surface area (TPSA) is 121 Å². The summed E-state index contributed by atoms with van der Waals surface area (Å²) in [6, 6.07) is 13.4. The zero-order chi connectivity index (χ0) is 19.4. The Kier molecular flexibility index (Phi) is 5.27. The molecule has 0 fully saturated rings. The Morgan fingerprint density at radius 1 is 1.19 bits per heavy atom. The first-order valence-electron chi connectivity index (χ1n) is 7.45. The summed E-state index contributed by atoms with van der Waals surface area (Å²) in [6.45, 7) is 0. The van der Waals surface area contributed by atoms with E-state index >= 15 is 0 Å². The highest BCUT2D eigenvalue weighted by atomic mass is 32.2. The van der Waals surface area contributed by atoms with Crippen molar-refractivity contribution in [3.8, 4) is 17.3 Å². The van der Waals surface area contributed by atoms with Crippen LogP contribution in [-0.4, -0.2) is 19.1 Å². The number of thiazole rings is 1. The fourth-order valence-corrected chi connectivity index (χ4v) is 3.38. The molecule has 7 nitrogen and oxygen atoms in total. The second-order valence-corrected chi connectivity index (χ2v) is 7.72. The number of primary sulfonamides is 1. The fourth-order valence-electron chi connectivity index (χ4n) is 2.10. The van der Waals surface area contributed by atoms with E-state index in [1.54, 1.807) is 17.5 Å². The molecule has 0 aliphatic rings. The van der Waals surface area contributed by atoms with Crippen molar-refractivity contribution in [3.05, 3.63) is 64.7 Å². The molecule has 2 aromatic carbocycles. The minimum Gasteiger partial charge on any atom is -0.277 e. The lowest BCUT2D eigenvalue weighted by Gasteiger charge is -2.02. The molecule has 0 aliphatic carbocycles. The van der Waals surface area contributed by atoms with E-state index in [0.29, 0.717) is 16.4 Å². The largest absolute Gasteiger partial charge is 0.277 e. The van der Waals surface area contributed by atoms with Gasteiger partial charge in [-0.25, -0.2) is 22.9 Å². The average Bonchev–Trinajstić information content (AvgIpc) is 3.12. The third kappa shape index (κ3) is 4.53. The highest BCUT2D eigenvalue weighted by molar-refractivity contribution is 7.89. The van der Waals surface area contributed by atoms with E-state index in [0.717, 1.165) is 5.56 Å². The molecule has 3 aromatic rings. The summed E-state index contributed by atoms with van der Waals surface area (Å²) in [5.74, 6) is -0.342. The van der Waals surface area contributed by atoms with Crippen LogP contribution in [-0.2, 0) is 10.0 Å². The molecule has 0 aliphatic heterocycles. The lowest BCUT2D eigenvalue weighted by molar-refractivity contribution is 0.598. The molecule has 3 rings (SSSR count). The summed E-state index contributed by atoms with van der Waals surface area (Å²) in [5, 5.41) is 20.5. The van der Waals surface area contributed by atoms with Gasteiger partial charge in [0.25, 0.3) is 0 Å². The van der Waals surface area contributed by atoms with E-state index in [2.05, 4.69) is 15.5 Å². The van der Waals surface area contributed by atoms with Crippen LogP contribution in [0.5, 0.6) is 0 Å². The number of aromatic nitrogens is 1. The number of nitrogens with zero attached hydrogens (tertiary/aromatic N) is 3. The number of nitrogens with two attached hydrogens (primary N) is 1. The number of nitrogens with one attached hydrogen (secondary N) is 1. The molecular formula is C17H12FN5O2S2. The molecule has 1 aromatic heterocycles. The van der Waals surface area contributed by atoms with Crippen LogP contribution in [0.3, 0.4) is 0 Å². The Balaban J connectivity index is 1.79. The fraction of sp³-hybridized carbons (Fsp3) is 0. The summed E-state index contributed by atoms with van der Waals surface area (Å²) in [6.07, 6.45) is 0. The third-order valence-corrected chi connectivity index (χ3v) is 5.21. The Morgan fingerprint density at radius 2 is 1.85 bits per heavy atom. The van der Waals surface area contributed by atoms with Crippen LogP contribution < -0.4 is 10.6 Å². The van der Waals surface area contributed by atoms with Crippen LogP contribution in [0.15, 0.2) is 63.9 Å². The van der Waals surface area contributed by atoms with Crippen molar-refractivity contribution in [2.45, 2.75) is 4.90 Å². The van der Waals surface area contributed by atoms with Crippen molar-refractivity contribution >= 4 is 32.8 Å². The lowest BCUT2D eigenvalue weighted by atomic mass is 10.2. The maximum atomic E-state index is 13.0. The van der Waals surface area contributed by atoms with Crippen molar-refractivity contribution in [2.75, 3.05) is 5.43 Å². The SMILES string of the molecule is N#C/C(=N\Nc1ccc(S(N)(=O)=O)cc1)c1nc(-c2ccc(F)cc2)cs1. The van der Waals surface area contributed by atoms with Gasteiger partial charge in [0.05, 0.1) is 16.3 Å². The van der Waals surface area contributed by atoms with Gasteiger partial charge in [0.1, 0.15) is 11.9 Å². The first-order chi connectivity index (χ1) is 12.9. The molecule has 0 atom stereocenters. The van der Waals surface area contributed by atoms with Crippen molar-refractivity contribution in [3.63, 3.8) is 0 Å². The molecule has 136 valence electrons. The van der Waals surface area contributed by atoms with Gasteiger partial charge in [-0.15, -0.1) is 11.3 Å². The monoisotopic (exact) mass is 401 g/mol. The summed E-state index contributed by atoms with van der Waals surface area (Å²) in [4.78, 5) is 4.32. The summed E-state index contributed by atoms with van der Waals surface area (Å²) < 4.78 is 35.5. The number of benzene rings is 2. The van der Waals surface area contributed by atoms with Crippen molar-refractivity contribution < 1.29 is 12.8 Å². The van der Waals surface area contributed by atoms with E-state index in [9.17, 15) is 18.1 Å². The molecule has 0 saturated carbocycles. The highest BCUT2D eigenvalue weighted by Gasteiger charge is 2.11. The number of sulfonamides is 1. The van der Waals surface area contributed by atoms with Crippen molar-refractivity contribution in [1.29, 1.82) is 5.26 Å². The average molecular weight is 401 g/mol. The van der Waals surface area contributed by atoms with Crippen LogP contribution >= 0.6 is 11.3 Å². The van der Waals surface area contributed by atoms with Crippen LogP contribution in [0, 0.1) is 17.1 Å². The van der Waals surface area contributed by atoms with Crippen LogP contribution in [0.2, 0.25) is 0 Å². The molecule has 0 spiro atoms. The normalized spacial score (nSPS) is 11.8. The maximum absolute atomic E-state index is 13.0. The van der Waals surface area contributed by atoms with Gasteiger partial charge in [-0.2, -0.15) is 10.4 Å². The third-order valence-electron chi connectivity index (χ3n) is 3.43. The van der Waals surface area contributed by atoms with E-state index in [-0.39, 0.29) is 16.4 Å². The van der Waals surface area contributed by atoms with Crippen LogP contribution in [0.1, 0.15) is 5.01 Å². The zero-order valence-electron chi connectivity index (χ0n) is 13.6. The molecule has 0 saturated heterocycles. The lowest BCUT2D eigenvalue weighted by Crippen LogP contribution is -2.11. The minimum absolute atomic E-state index is 0.0265. The Bertz CT molecular complexity index is 1130. The quantitative estimate of drug-likeness (QED) is 0.503. The van der Waals surface area contributed by atoms with Crippen molar-refractivity contribution in [1.82, 2.24) is 4.98 Å². The summed E-state index contributed by atoms with van der Waals surface area (Å²) in [5.41, 5.74) is 4.54. The summed E-state index contributed by atoms with van der Waals surface area (Å²) >= 11 is 1.23. The number of nitriles is 1. The first-order valence-corrected chi connectivity index (χ1v) is 9.88. The number of rotatable bonds is 5. The van der Waals surface area contributed by atoms with Crippen LogP contribution in [0.25, 0.3) is 11.3 Å². The van der Waals surface area contributed by atoms with E-state index < -0.39 is 10.0 Å². The second-order valence-electron chi connectivity index (χ2n) is 5.30. The predicted molar refractivity (Wildman–Crippen MR) is 101 cm³/mol. The van der Waals surface area contributed by atoms with Gasteiger partial charge >= 0.3 is 0 Å². The van der Waals surface area contributed by atoms with Gasteiger partial charge in [0, 0.05) is 10.9 Å². The van der Waals surface area contributed by atoms with Crippen LogP contribution in [0.4, 0.5) is 10.1 Å². The first kappa shape index (κ1) is 18.7. The molecular weight excluding hydrogens is 389 g/mol. The number of halogens is 1. The maximum Gasteiger partial charge on any atom is 0.238 e. The molecule has 0 radical (unpaired) electrons. The van der Waals surface area contributed by atoms with E-state index in [1.165, 1.54) is 47.7 Å². The molecule has 0 unspecified atom stereocenters. The molecule has 10 heteroatoms. The van der Waals surface area contributed by atoms with Gasteiger partial charge in [0.15, 0.2) is 10.7 Å². The van der Waals surface area contributed by atoms with Crippen molar-refractivity contribution in [2.24, 2.45) is 10.2 Å². The second kappa shape index (κ2) is 7.63. The smallest absolute Gasteiger partial charge is 0.238 e. The standard InChI is InChI=1S/C17H12FN5O2S2/c18-12-3-1-11(2-4-12)16-10-26-17(21-16)15(9-19)23-22-13-5-7-14(8-6-13)27(20,24)25/h1-8,10,22H,(H2,20,24,25)/b23-15+. The Labute approximate surface area is 158 Å². The highest BCUT2D eigenvalue weighted by Crippen LogP contribution is 2.22. The molecule has 1 heterocycles. The van der Waals surface area contributed by atoms with E-state index in [4.69, 9.17) is 5.14 Å². The van der Waals surface area contributed by atoms with Gasteiger partial charge in [-0.3, -0.25) is 5.43 Å². The van der Waals surface area contributed by atoms with Gasteiger partial charge in [0.2, 0.25) is 10.0 Å². The van der Waals surface area contributed by atoms with Gasteiger partial charge in [-0.05, 0) is 48.5 Å². The Morgan fingerprint density at radius 3 is 2.44 bits per heavy atom. The van der Waals surface area contributed by atoms with Gasteiger partial charge < -0.3 is 0 Å². The summed E-state index contributed by atoms with van der Waals surface area (Å²) in [7, 11) is -3.77.